The molecule has 2 atom stereocenters. The van der Waals surface area contributed by atoms with Crippen LogP contribution in [0.2, 0.25) is 0 Å². The summed E-state index contributed by atoms with van der Waals surface area (Å²) in [5.74, 6) is 0. The number of H-pyrrole nitrogens is 1. The van der Waals surface area contributed by atoms with Crippen LogP contribution >= 0.6 is 0 Å². The van der Waals surface area contributed by atoms with E-state index in [4.69, 9.17) is 5.73 Å². The van der Waals surface area contributed by atoms with Crippen molar-refractivity contribution in [3.05, 3.63) is 36.0 Å². The zero-order valence-corrected chi connectivity index (χ0v) is 9.48. The topological polar surface area (TPSA) is 62.0 Å². The van der Waals surface area contributed by atoms with Crippen LogP contribution in [0, 0.1) is 0 Å². The van der Waals surface area contributed by atoms with Gasteiger partial charge in [0.15, 0.2) is 0 Å². The largest absolute Gasteiger partial charge is 0.391 e. The number of fused-ring (bicyclic) bond motifs is 1. The molecular weight excluding hydrogens is 200 g/mol. The lowest BCUT2D eigenvalue weighted by atomic mass is 9.96. The Morgan fingerprint density at radius 1 is 1.38 bits per heavy atom. The number of aromatic amines is 1. The molecule has 0 aliphatic carbocycles. The maximum atomic E-state index is 9.93. The molecule has 0 unspecified atom stereocenters. The first kappa shape index (κ1) is 11.2. The van der Waals surface area contributed by atoms with E-state index in [0.29, 0.717) is 0 Å². The summed E-state index contributed by atoms with van der Waals surface area (Å²) in [4.78, 5) is 3.15. The Morgan fingerprint density at radius 3 is 2.94 bits per heavy atom. The van der Waals surface area contributed by atoms with Gasteiger partial charge < -0.3 is 15.8 Å². The molecule has 4 N–H and O–H groups in total. The highest BCUT2D eigenvalue weighted by atomic mass is 16.3. The van der Waals surface area contributed by atoms with E-state index in [1.165, 1.54) is 0 Å². The number of nitrogens with one attached hydrogen (secondary N) is 1. The minimum atomic E-state index is -0.467. The first-order valence-corrected chi connectivity index (χ1v) is 5.73. The van der Waals surface area contributed by atoms with Crippen molar-refractivity contribution in [3.8, 4) is 0 Å². The van der Waals surface area contributed by atoms with Crippen LogP contribution in [0.3, 0.4) is 0 Å². The Kier molecular flexibility index (Phi) is 3.27. The molecule has 0 saturated carbocycles. The number of aromatic nitrogens is 1. The second-order valence-electron chi connectivity index (χ2n) is 4.17. The highest BCUT2D eigenvalue weighted by Crippen LogP contribution is 2.25. The molecule has 0 aliphatic heterocycles. The SMILES string of the molecule is CCC[C@H](O)[C@H](N)c1cccc2[nH]ccc12. The smallest absolute Gasteiger partial charge is 0.0732 e. The van der Waals surface area contributed by atoms with Gasteiger partial charge in [0.1, 0.15) is 0 Å². The Morgan fingerprint density at radius 2 is 2.19 bits per heavy atom. The van der Waals surface area contributed by atoms with Gasteiger partial charge in [-0.25, -0.2) is 0 Å². The quantitative estimate of drug-likeness (QED) is 0.737. The van der Waals surface area contributed by atoms with Gasteiger partial charge in [-0.1, -0.05) is 25.5 Å². The fourth-order valence-corrected chi connectivity index (χ4v) is 2.08. The van der Waals surface area contributed by atoms with E-state index in [0.717, 1.165) is 29.3 Å². The predicted molar refractivity (Wildman–Crippen MR) is 66.1 cm³/mol. The summed E-state index contributed by atoms with van der Waals surface area (Å²) in [6, 6.07) is 7.66. The summed E-state index contributed by atoms with van der Waals surface area (Å²) in [6.07, 6.45) is 3.11. The molecule has 1 heterocycles. The number of aliphatic hydroxyl groups excluding tert-OH is 1. The summed E-state index contributed by atoms with van der Waals surface area (Å²) >= 11 is 0. The van der Waals surface area contributed by atoms with E-state index in [1.54, 1.807) is 0 Å². The van der Waals surface area contributed by atoms with Gasteiger partial charge in [-0.05, 0) is 24.1 Å². The summed E-state index contributed by atoms with van der Waals surface area (Å²) in [6.45, 7) is 2.05. The Hall–Kier alpha value is -1.32. The number of rotatable bonds is 4. The van der Waals surface area contributed by atoms with E-state index in [-0.39, 0.29) is 6.04 Å². The Labute approximate surface area is 95.3 Å². The molecule has 3 heteroatoms. The number of nitrogens with two attached hydrogens (primary N) is 1. The van der Waals surface area contributed by atoms with Crippen molar-refractivity contribution in [1.29, 1.82) is 0 Å². The molecular formula is C13H18N2O. The van der Waals surface area contributed by atoms with E-state index in [9.17, 15) is 5.11 Å². The van der Waals surface area contributed by atoms with Crippen LogP contribution < -0.4 is 5.73 Å². The fraction of sp³-hybridized carbons (Fsp3) is 0.385. The third-order valence-corrected chi connectivity index (χ3v) is 2.99. The third kappa shape index (κ3) is 1.96. The second-order valence-corrected chi connectivity index (χ2v) is 4.17. The molecule has 16 heavy (non-hydrogen) atoms. The number of hydrogen-bond acceptors (Lipinski definition) is 2. The van der Waals surface area contributed by atoms with Crippen LogP contribution in [0.25, 0.3) is 10.9 Å². The molecule has 0 bridgehead atoms. The van der Waals surface area contributed by atoms with Crippen molar-refractivity contribution in [2.45, 2.75) is 31.9 Å². The standard InChI is InChI=1S/C13H18N2O/c1-2-4-12(16)13(14)10-5-3-6-11-9(10)7-8-15-11/h3,5-8,12-13,15-16H,2,4,14H2,1H3/t12-,13+/m0/s1. The lowest BCUT2D eigenvalue weighted by Gasteiger charge is -2.19. The van der Waals surface area contributed by atoms with Gasteiger partial charge in [0.05, 0.1) is 12.1 Å². The Bertz CT molecular complexity index is 464. The van der Waals surface area contributed by atoms with E-state index in [1.807, 2.05) is 37.4 Å². The molecule has 2 aromatic rings. The number of hydrogen-bond donors (Lipinski definition) is 3. The van der Waals surface area contributed by atoms with Crippen molar-refractivity contribution in [3.63, 3.8) is 0 Å². The lowest BCUT2D eigenvalue weighted by Crippen LogP contribution is -2.26. The van der Waals surface area contributed by atoms with Gasteiger partial charge in [-0.3, -0.25) is 0 Å². The minimum Gasteiger partial charge on any atom is -0.391 e. The highest BCUT2D eigenvalue weighted by Gasteiger charge is 2.17. The minimum absolute atomic E-state index is 0.306. The average molecular weight is 218 g/mol. The van der Waals surface area contributed by atoms with E-state index < -0.39 is 6.10 Å². The van der Waals surface area contributed by atoms with Gasteiger partial charge in [0.2, 0.25) is 0 Å². The first-order valence-electron chi connectivity index (χ1n) is 5.73. The predicted octanol–water partition coefficient (Wildman–Crippen LogP) is 2.33. The summed E-state index contributed by atoms with van der Waals surface area (Å²) in [7, 11) is 0. The maximum absolute atomic E-state index is 9.93. The van der Waals surface area contributed by atoms with Gasteiger partial charge in [-0.15, -0.1) is 0 Å². The molecule has 0 radical (unpaired) electrons. The molecule has 0 fully saturated rings. The molecule has 0 aliphatic rings. The first-order chi connectivity index (χ1) is 7.74. The van der Waals surface area contributed by atoms with Crippen LogP contribution in [0.1, 0.15) is 31.4 Å². The summed E-state index contributed by atoms with van der Waals surface area (Å²) in [5, 5.41) is 11.0. The average Bonchev–Trinajstić information content (AvgIpc) is 2.76. The molecule has 3 nitrogen and oxygen atoms in total. The molecule has 0 amide bonds. The molecule has 1 aromatic carbocycles. The van der Waals surface area contributed by atoms with Crippen LogP contribution in [-0.2, 0) is 0 Å². The van der Waals surface area contributed by atoms with Gasteiger partial charge >= 0.3 is 0 Å². The normalized spacial score (nSPS) is 15.2. The van der Waals surface area contributed by atoms with Crippen LogP contribution in [0.5, 0.6) is 0 Å². The molecule has 0 saturated heterocycles. The maximum Gasteiger partial charge on any atom is 0.0732 e. The van der Waals surface area contributed by atoms with Crippen molar-refractivity contribution in [2.75, 3.05) is 0 Å². The number of benzene rings is 1. The van der Waals surface area contributed by atoms with Gasteiger partial charge in [0.25, 0.3) is 0 Å². The van der Waals surface area contributed by atoms with E-state index >= 15 is 0 Å². The van der Waals surface area contributed by atoms with Crippen molar-refractivity contribution < 1.29 is 5.11 Å². The van der Waals surface area contributed by atoms with Crippen LogP contribution in [0.4, 0.5) is 0 Å². The number of aliphatic hydroxyl groups is 1. The summed E-state index contributed by atoms with van der Waals surface area (Å²) in [5.41, 5.74) is 8.17. The van der Waals surface area contributed by atoms with Crippen molar-refractivity contribution in [2.24, 2.45) is 5.73 Å². The third-order valence-electron chi connectivity index (χ3n) is 2.99. The molecule has 1 aromatic heterocycles. The van der Waals surface area contributed by atoms with Crippen LogP contribution in [-0.4, -0.2) is 16.2 Å². The van der Waals surface area contributed by atoms with Gasteiger partial charge in [0, 0.05) is 17.1 Å². The Balaban J connectivity index is 2.35. The zero-order valence-electron chi connectivity index (χ0n) is 9.48. The van der Waals surface area contributed by atoms with Gasteiger partial charge in [-0.2, -0.15) is 0 Å². The zero-order chi connectivity index (χ0) is 11.5. The molecule has 2 rings (SSSR count). The monoisotopic (exact) mass is 218 g/mol. The highest BCUT2D eigenvalue weighted by molar-refractivity contribution is 5.83. The van der Waals surface area contributed by atoms with Crippen molar-refractivity contribution >= 4 is 10.9 Å². The van der Waals surface area contributed by atoms with Crippen molar-refractivity contribution in [1.82, 2.24) is 4.98 Å². The second kappa shape index (κ2) is 4.68. The van der Waals surface area contributed by atoms with E-state index in [2.05, 4.69) is 4.98 Å². The summed E-state index contributed by atoms with van der Waals surface area (Å²) < 4.78 is 0. The van der Waals surface area contributed by atoms with Crippen LogP contribution in [0.15, 0.2) is 30.5 Å². The lowest BCUT2D eigenvalue weighted by molar-refractivity contribution is 0.135. The molecule has 0 spiro atoms. The fourth-order valence-electron chi connectivity index (χ4n) is 2.08. The molecule has 86 valence electrons.